The first-order valence-electron chi connectivity index (χ1n) is 6.19. The van der Waals surface area contributed by atoms with Gasteiger partial charge in [0.25, 0.3) is 0 Å². The van der Waals surface area contributed by atoms with Gasteiger partial charge in [0.05, 0.1) is 17.8 Å². The molecule has 2 nitrogen and oxygen atoms in total. The molecule has 0 aliphatic carbocycles. The Labute approximate surface area is 118 Å². The Balaban J connectivity index is 2.15. The molecule has 0 saturated heterocycles. The molecule has 3 heteroatoms. The van der Waals surface area contributed by atoms with Gasteiger partial charge in [-0.25, -0.2) is 0 Å². The minimum absolute atomic E-state index is 0.591. The van der Waals surface area contributed by atoms with Crippen LogP contribution in [0.3, 0.4) is 0 Å². The van der Waals surface area contributed by atoms with Gasteiger partial charge in [0.1, 0.15) is 5.75 Å². The van der Waals surface area contributed by atoms with E-state index in [0.29, 0.717) is 10.8 Å². The van der Waals surface area contributed by atoms with Gasteiger partial charge in [-0.05, 0) is 47.9 Å². The molecule has 0 spiro atoms. The number of hydrogen-bond acceptors (Lipinski definition) is 2. The van der Waals surface area contributed by atoms with E-state index >= 15 is 0 Å². The lowest BCUT2D eigenvalue weighted by Crippen LogP contribution is -1.86. The molecule has 0 aromatic heterocycles. The molecule has 2 aromatic carbocycles. The second kappa shape index (κ2) is 6.39. The fraction of sp³-hybridized carbons (Fsp3) is 0.188. The zero-order valence-electron chi connectivity index (χ0n) is 11.1. The molecule has 0 aliphatic heterocycles. The highest BCUT2D eigenvalue weighted by Crippen LogP contribution is 2.24. The van der Waals surface area contributed by atoms with Gasteiger partial charge in [-0.2, -0.15) is 0 Å². The highest BCUT2D eigenvalue weighted by Gasteiger charge is 1.99. The summed E-state index contributed by atoms with van der Waals surface area (Å²) in [6.07, 6.45) is 2.84. The summed E-state index contributed by atoms with van der Waals surface area (Å²) in [7, 11) is 1.60. The first-order valence-corrected chi connectivity index (χ1v) is 6.57. The zero-order chi connectivity index (χ0) is 13.7. The first-order chi connectivity index (χ1) is 9.22. The number of aliphatic imine (C=N–C) groups is 1. The Bertz CT molecular complexity index is 576. The Hall–Kier alpha value is -1.80. The number of ether oxygens (including phenoxy) is 1. The monoisotopic (exact) mass is 273 g/mol. The molecule has 0 fully saturated rings. The van der Waals surface area contributed by atoms with Crippen LogP contribution in [0.1, 0.15) is 18.1 Å². The summed E-state index contributed by atoms with van der Waals surface area (Å²) in [4.78, 5) is 4.42. The minimum Gasteiger partial charge on any atom is -0.495 e. The fourth-order valence-electron chi connectivity index (χ4n) is 1.73. The molecular formula is C16H16ClNO. The van der Waals surface area contributed by atoms with Crippen molar-refractivity contribution >= 4 is 23.5 Å². The van der Waals surface area contributed by atoms with Crippen LogP contribution < -0.4 is 4.74 Å². The predicted octanol–water partition coefficient (Wildman–Crippen LogP) is 4.66. The quantitative estimate of drug-likeness (QED) is 0.743. The van der Waals surface area contributed by atoms with Gasteiger partial charge in [0.2, 0.25) is 0 Å². The maximum absolute atomic E-state index is 6.06. The molecule has 0 bridgehead atoms. The van der Waals surface area contributed by atoms with Gasteiger partial charge in [-0.15, -0.1) is 0 Å². The molecule has 0 unspecified atom stereocenters. The van der Waals surface area contributed by atoms with Crippen LogP contribution in [-0.4, -0.2) is 13.3 Å². The number of hydrogen-bond donors (Lipinski definition) is 0. The van der Waals surface area contributed by atoms with Crippen molar-refractivity contribution in [2.24, 2.45) is 4.99 Å². The van der Waals surface area contributed by atoms with Crippen LogP contribution >= 0.6 is 11.6 Å². The van der Waals surface area contributed by atoms with E-state index in [1.165, 1.54) is 5.56 Å². The lowest BCUT2D eigenvalue weighted by atomic mass is 10.1. The van der Waals surface area contributed by atoms with E-state index in [1.54, 1.807) is 13.3 Å². The molecule has 2 aromatic rings. The highest BCUT2D eigenvalue weighted by atomic mass is 35.5. The summed E-state index contributed by atoms with van der Waals surface area (Å²) in [6.45, 7) is 2.14. The van der Waals surface area contributed by atoms with Crippen molar-refractivity contribution in [1.29, 1.82) is 0 Å². The van der Waals surface area contributed by atoms with E-state index < -0.39 is 0 Å². The van der Waals surface area contributed by atoms with Crippen LogP contribution in [0.2, 0.25) is 5.02 Å². The summed E-state index contributed by atoms with van der Waals surface area (Å²) in [5.41, 5.74) is 3.20. The molecule has 0 N–H and O–H groups in total. The second-order valence-corrected chi connectivity index (χ2v) is 4.58. The molecule has 98 valence electrons. The molecule has 2 rings (SSSR count). The van der Waals surface area contributed by atoms with Gasteiger partial charge in [0.15, 0.2) is 0 Å². The smallest absolute Gasteiger partial charge is 0.137 e. The number of aryl methyl sites for hydroxylation is 1. The summed E-state index contributed by atoms with van der Waals surface area (Å²) >= 11 is 6.06. The van der Waals surface area contributed by atoms with Gasteiger partial charge in [0, 0.05) is 6.21 Å². The van der Waals surface area contributed by atoms with Crippen molar-refractivity contribution in [2.75, 3.05) is 7.11 Å². The summed E-state index contributed by atoms with van der Waals surface area (Å²) in [5.74, 6) is 0.672. The number of halogens is 1. The normalized spacial score (nSPS) is 10.9. The SMILES string of the molecule is CCc1ccc(N=Cc2ccc(OC)c(Cl)c2)cc1. The van der Waals surface area contributed by atoms with Crippen molar-refractivity contribution in [3.8, 4) is 5.75 Å². The van der Waals surface area contributed by atoms with E-state index in [0.717, 1.165) is 17.7 Å². The molecular weight excluding hydrogens is 258 g/mol. The van der Waals surface area contributed by atoms with Crippen molar-refractivity contribution < 1.29 is 4.74 Å². The van der Waals surface area contributed by atoms with Gasteiger partial charge in [-0.1, -0.05) is 30.7 Å². The van der Waals surface area contributed by atoms with Crippen LogP contribution in [0.25, 0.3) is 0 Å². The van der Waals surface area contributed by atoms with Crippen LogP contribution in [0.5, 0.6) is 5.75 Å². The van der Waals surface area contributed by atoms with Crippen molar-refractivity contribution in [2.45, 2.75) is 13.3 Å². The third-order valence-electron chi connectivity index (χ3n) is 2.88. The average Bonchev–Trinajstić information content (AvgIpc) is 2.46. The van der Waals surface area contributed by atoms with Crippen molar-refractivity contribution in [3.05, 3.63) is 58.6 Å². The average molecular weight is 274 g/mol. The fourth-order valence-corrected chi connectivity index (χ4v) is 2.00. The molecule has 0 atom stereocenters. The van der Waals surface area contributed by atoms with Crippen molar-refractivity contribution in [3.63, 3.8) is 0 Å². The highest BCUT2D eigenvalue weighted by molar-refractivity contribution is 6.32. The second-order valence-electron chi connectivity index (χ2n) is 4.17. The Morgan fingerprint density at radius 2 is 1.89 bits per heavy atom. The third-order valence-corrected chi connectivity index (χ3v) is 3.18. The number of rotatable bonds is 4. The van der Waals surface area contributed by atoms with E-state index in [2.05, 4.69) is 24.0 Å². The Kier molecular flexibility index (Phi) is 4.58. The van der Waals surface area contributed by atoms with Crippen LogP contribution in [0.15, 0.2) is 47.5 Å². The van der Waals surface area contributed by atoms with Gasteiger partial charge < -0.3 is 4.74 Å². The third kappa shape index (κ3) is 3.58. The number of benzene rings is 2. The summed E-state index contributed by atoms with van der Waals surface area (Å²) in [5, 5.41) is 0.591. The maximum Gasteiger partial charge on any atom is 0.137 e. The topological polar surface area (TPSA) is 21.6 Å². The Morgan fingerprint density at radius 3 is 2.47 bits per heavy atom. The van der Waals surface area contributed by atoms with Gasteiger partial charge >= 0.3 is 0 Å². The van der Waals surface area contributed by atoms with E-state index in [4.69, 9.17) is 16.3 Å². The van der Waals surface area contributed by atoms with Crippen molar-refractivity contribution in [1.82, 2.24) is 0 Å². The molecule has 0 heterocycles. The van der Waals surface area contributed by atoms with E-state index in [9.17, 15) is 0 Å². The predicted molar refractivity (Wildman–Crippen MR) is 81.1 cm³/mol. The zero-order valence-corrected chi connectivity index (χ0v) is 11.8. The lowest BCUT2D eigenvalue weighted by molar-refractivity contribution is 0.415. The maximum atomic E-state index is 6.06. The minimum atomic E-state index is 0.591. The molecule has 0 saturated carbocycles. The summed E-state index contributed by atoms with van der Waals surface area (Å²) < 4.78 is 5.11. The first kappa shape index (κ1) is 13.6. The summed E-state index contributed by atoms with van der Waals surface area (Å²) in [6, 6.07) is 13.8. The molecule has 0 amide bonds. The molecule has 0 radical (unpaired) electrons. The number of nitrogens with zero attached hydrogens (tertiary/aromatic N) is 1. The number of methoxy groups -OCH3 is 1. The van der Waals surface area contributed by atoms with Crippen LogP contribution in [-0.2, 0) is 6.42 Å². The lowest BCUT2D eigenvalue weighted by Gasteiger charge is -2.02. The largest absolute Gasteiger partial charge is 0.495 e. The Morgan fingerprint density at radius 1 is 1.16 bits per heavy atom. The molecule has 19 heavy (non-hydrogen) atoms. The molecule has 0 aliphatic rings. The standard InChI is InChI=1S/C16H16ClNO/c1-3-12-4-7-14(8-5-12)18-11-13-6-9-16(19-2)15(17)10-13/h4-11H,3H2,1-2H3. The van der Waals surface area contributed by atoms with Crippen LogP contribution in [0, 0.1) is 0 Å². The van der Waals surface area contributed by atoms with Crippen LogP contribution in [0.4, 0.5) is 5.69 Å². The van der Waals surface area contributed by atoms with Gasteiger partial charge in [-0.3, -0.25) is 4.99 Å². The van der Waals surface area contributed by atoms with E-state index in [-0.39, 0.29) is 0 Å². The van der Waals surface area contributed by atoms with E-state index in [1.807, 2.05) is 30.3 Å².